The number of benzene rings is 1. The van der Waals surface area contributed by atoms with Crippen molar-refractivity contribution in [1.29, 1.82) is 0 Å². The zero-order valence-corrected chi connectivity index (χ0v) is 10.1. The first-order valence-corrected chi connectivity index (χ1v) is 5.80. The monoisotopic (exact) mass is 241 g/mol. The van der Waals surface area contributed by atoms with Gasteiger partial charge in [-0.1, -0.05) is 23.7 Å². The fourth-order valence-corrected chi connectivity index (χ4v) is 2.26. The number of nitrogens with zero attached hydrogens (tertiary/aromatic N) is 1. The van der Waals surface area contributed by atoms with Crippen LogP contribution in [-0.4, -0.2) is 36.3 Å². The predicted octanol–water partition coefficient (Wildman–Crippen LogP) is 2.27. The van der Waals surface area contributed by atoms with Gasteiger partial charge < -0.3 is 9.84 Å². The molecule has 1 fully saturated rings. The molecule has 0 radical (unpaired) electrons. The van der Waals surface area contributed by atoms with Gasteiger partial charge in [-0.05, 0) is 12.5 Å². The molecule has 1 N–H and O–H groups in total. The summed E-state index contributed by atoms with van der Waals surface area (Å²) in [5.41, 5.74) is 0.879. The van der Waals surface area contributed by atoms with Crippen LogP contribution in [0.1, 0.15) is 12.0 Å². The van der Waals surface area contributed by atoms with Gasteiger partial charge in [-0.2, -0.15) is 0 Å². The lowest BCUT2D eigenvalue weighted by molar-refractivity contribution is 0.107. The van der Waals surface area contributed by atoms with Gasteiger partial charge in [0.25, 0.3) is 0 Å². The van der Waals surface area contributed by atoms with Crippen molar-refractivity contribution in [2.24, 2.45) is 0 Å². The Bertz CT molecular complexity index is 370. The zero-order chi connectivity index (χ0) is 11.5. The molecule has 1 aromatic rings. The number of likely N-dealkylation sites (tertiary alicyclic amines) is 1. The van der Waals surface area contributed by atoms with Crippen LogP contribution in [0, 0.1) is 0 Å². The molecule has 2 rings (SSSR count). The van der Waals surface area contributed by atoms with E-state index in [0.29, 0.717) is 11.1 Å². The normalized spacial score (nSPS) is 21.5. The molecule has 4 heteroatoms. The zero-order valence-electron chi connectivity index (χ0n) is 9.32. The number of ether oxygens (including phenoxy) is 1. The van der Waals surface area contributed by atoms with E-state index < -0.39 is 0 Å². The SMILES string of the molecule is COC1CCN(Cc2cccc(Cl)c2O)C1. The number of phenols is 1. The standard InChI is InChI=1S/C12H16ClNO2/c1-16-10-5-6-14(8-10)7-9-3-2-4-11(13)12(9)15/h2-4,10,15H,5-8H2,1H3. The third kappa shape index (κ3) is 2.48. The van der Waals surface area contributed by atoms with Crippen LogP contribution in [0.4, 0.5) is 0 Å². The van der Waals surface area contributed by atoms with Crippen molar-refractivity contribution in [1.82, 2.24) is 4.90 Å². The molecule has 0 aromatic heterocycles. The first-order chi connectivity index (χ1) is 7.70. The molecule has 1 heterocycles. The van der Waals surface area contributed by atoms with Crippen molar-refractivity contribution in [3.05, 3.63) is 28.8 Å². The molecular formula is C12H16ClNO2. The molecule has 16 heavy (non-hydrogen) atoms. The Kier molecular flexibility index (Phi) is 3.69. The van der Waals surface area contributed by atoms with E-state index in [1.54, 1.807) is 13.2 Å². The largest absolute Gasteiger partial charge is 0.506 e. The van der Waals surface area contributed by atoms with Gasteiger partial charge in [-0.15, -0.1) is 0 Å². The van der Waals surface area contributed by atoms with Crippen molar-refractivity contribution < 1.29 is 9.84 Å². The molecule has 1 aromatic carbocycles. The summed E-state index contributed by atoms with van der Waals surface area (Å²) >= 11 is 5.86. The van der Waals surface area contributed by atoms with Gasteiger partial charge in [-0.3, -0.25) is 4.90 Å². The van der Waals surface area contributed by atoms with Crippen LogP contribution in [0.25, 0.3) is 0 Å². The Balaban J connectivity index is 2.02. The van der Waals surface area contributed by atoms with Crippen molar-refractivity contribution in [3.8, 4) is 5.75 Å². The Morgan fingerprint density at radius 3 is 3.06 bits per heavy atom. The van der Waals surface area contributed by atoms with Crippen LogP contribution in [-0.2, 0) is 11.3 Å². The number of phenolic OH excluding ortho intramolecular Hbond substituents is 1. The number of rotatable bonds is 3. The van der Waals surface area contributed by atoms with Crippen LogP contribution in [0.15, 0.2) is 18.2 Å². The summed E-state index contributed by atoms with van der Waals surface area (Å²) in [5.74, 6) is 0.199. The van der Waals surface area contributed by atoms with E-state index in [9.17, 15) is 5.11 Å². The van der Waals surface area contributed by atoms with Gasteiger partial charge in [0.1, 0.15) is 5.75 Å². The maximum atomic E-state index is 9.79. The highest BCUT2D eigenvalue weighted by atomic mass is 35.5. The lowest BCUT2D eigenvalue weighted by atomic mass is 10.2. The number of hydrogen-bond acceptors (Lipinski definition) is 3. The first kappa shape index (κ1) is 11.7. The Hall–Kier alpha value is -0.770. The van der Waals surface area contributed by atoms with Crippen LogP contribution in [0.5, 0.6) is 5.75 Å². The molecule has 1 atom stereocenters. The number of hydrogen-bond donors (Lipinski definition) is 1. The highest BCUT2D eigenvalue weighted by molar-refractivity contribution is 6.32. The minimum Gasteiger partial charge on any atom is -0.506 e. The number of para-hydroxylation sites is 1. The maximum absolute atomic E-state index is 9.79. The highest BCUT2D eigenvalue weighted by Gasteiger charge is 2.22. The van der Waals surface area contributed by atoms with Crippen LogP contribution >= 0.6 is 11.6 Å². The third-order valence-corrected chi connectivity index (χ3v) is 3.33. The van der Waals surface area contributed by atoms with Crippen molar-refractivity contribution in [2.45, 2.75) is 19.1 Å². The van der Waals surface area contributed by atoms with Gasteiger partial charge in [0.2, 0.25) is 0 Å². The lowest BCUT2D eigenvalue weighted by Crippen LogP contribution is -2.22. The smallest absolute Gasteiger partial charge is 0.138 e. The Morgan fingerprint density at radius 1 is 1.56 bits per heavy atom. The van der Waals surface area contributed by atoms with E-state index in [2.05, 4.69) is 4.90 Å². The second kappa shape index (κ2) is 5.04. The fraction of sp³-hybridized carbons (Fsp3) is 0.500. The molecule has 0 amide bonds. The predicted molar refractivity (Wildman–Crippen MR) is 63.8 cm³/mol. The molecular weight excluding hydrogens is 226 g/mol. The van der Waals surface area contributed by atoms with E-state index in [1.807, 2.05) is 12.1 Å². The lowest BCUT2D eigenvalue weighted by Gasteiger charge is -2.16. The highest BCUT2D eigenvalue weighted by Crippen LogP contribution is 2.28. The van der Waals surface area contributed by atoms with Gasteiger partial charge >= 0.3 is 0 Å². The topological polar surface area (TPSA) is 32.7 Å². The van der Waals surface area contributed by atoms with Crippen LogP contribution < -0.4 is 0 Å². The van der Waals surface area contributed by atoms with Gasteiger partial charge in [-0.25, -0.2) is 0 Å². The summed E-state index contributed by atoms with van der Waals surface area (Å²) in [6.45, 7) is 2.65. The number of aromatic hydroxyl groups is 1. The quantitative estimate of drug-likeness (QED) is 0.881. The van der Waals surface area contributed by atoms with E-state index in [0.717, 1.165) is 31.6 Å². The molecule has 1 aliphatic heterocycles. The van der Waals surface area contributed by atoms with Crippen LogP contribution in [0.3, 0.4) is 0 Å². The average Bonchev–Trinajstić information content (AvgIpc) is 2.73. The molecule has 88 valence electrons. The van der Waals surface area contributed by atoms with Gasteiger partial charge in [0.15, 0.2) is 0 Å². The Morgan fingerprint density at radius 2 is 2.38 bits per heavy atom. The summed E-state index contributed by atoms with van der Waals surface area (Å²) in [5, 5.41) is 10.2. The minimum atomic E-state index is 0.199. The molecule has 1 unspecified atom stereocenters. The molecule has 0 spiro atoms. The molecule has 0 saturated carbocycles. The Labute approximate surface area is 101 Å². The second-order valence-electron chi connectivity index (χ2n) is 4.13. The van der Waals surface area contributed by atoms with Crippen molar-refractivity contribution >= 4 is 11.6 Å². The number of methoxy groups -OCH3 is 1. The molecule has 0 aliphatic carbocycles. The number of halogens is 1. The molecule has 1 saturated heterocycles. The summed E-state index contributed by atoms with van der Waals surface area (Å²) in [6, 6.07) is 5.46. The summed E-state index contributed by atoms with van der Waals surface area (Å²) in [6.07, 6.45) is 1.37. The third-order valence-electron chi connectivity index (χ3n) is 3.03. The molecule has 1 aliphatic rings. The minimum absolute atomic E-state index is 0.199. The van der Waals surface area contributed by atoms with Gasteiger partial charge in [0.05, 0.1) is 11.1 Å². The maximum Gasteiger partial charge on any atom is 0.138 e. The van der Waals surface area contributed by atoms with E-state index in [4.69, 9.17) is 16.3 Å². The van der Waals surface area contributed by atoms with Crippen molar-refractivity contribution in [3.63, 3.8) is 0 Å². The fourth-order valence-electron chi connectivity index (χ4n) is 2.06. The van der Waals surface area contributed by atoms with Gasteiger partial charge in [0, 0.05) is 32.3 Å². The average molecular weight is 242 g/mol. The first-order valence-electron chi connectivity index (χ1n) is 5.42. The van der Waals surface area contributed by atoms with E-state index in [-0.39, 0.29) is 5.75 Å². The summed E-state index contributed by atoms with van der Waals surface area (Å²) in [7, 11) is 1.74. The van der Waals surface area contributed by atoms with E-state index >= 15 is 0 Å². The van der Waals surface area contributed by atoms with Crippen LogP contribution in [0.2, 0.25) is 5.02 Å². The molecule has 3 nitrogen and oxygen atoms in total. The summed E-state index contributed by atoms with van der Waals surface area (Å²) in [4.78, 5) is 2.26. The molecule has 0 bridgehead atoms. The second-order valence-corrected chi connectivity index (χ2v) is 4.54. The van der Waals surface area contributed by atoms with Crippen molar-refractivity contribution in [2.75, 3.05) is 20.2 Å². The summed E-state index contributed by atoms with van der Waals surface area (Å²) < 4.78 is 5.30. The van der Waals surface area contributed by atoms with E-state index in [1.165, 1.54) is 0 Å².